The molecular weight excluding hydrogens is 349 g/mol. The first-order valence-corrected chi connectivity index (χ1v) is 7.78. The molecule has 0 heterocycles. The summed E-state index contributed by atoms with van der Waals surface area (Å²) >= 11 is 3.07. The van der Waals surface area contributed by atoms with Crippen molar-refractivity contribution in [3.8, 4) is 5.75 Å². The van der Waals surface area contributed by atoms with E-state index in [2.05, 4.69) is 15.9 Å². The minimum atomic E-state index is -4.03. The molecule has 1 N–H and O–H groups in total. The van der Waals surface area contributed by atoms with Gasteiger partial charge in [0.05, 0.1) is 5.69 Å². The van der Waals surface area contributed by atoms with E-state index < -0.39 is 20.7 Å². The zero-order chi connectivity index (χ0) is 14.9. The number of aromatic hydroxyl groups is 1. The van der Waals surface area contributed by atoms with Crippen LogP contribution in [0.15, 0.2) is 51.8 Å². The fourth-order valence-corrected chi connectivity index (χ4v) is 3.22. The molecule has 0 unspecified atom stereocenters. The molecule has 0 fully saturated rings. The summed E-state index contributed by atoms with van der Waals surface area (Å²) in [6.45, 7) is 0. The average Bonchev–Trinajstić information content (AvgIpc) is 2.37. The number of benzene rings is 2. The third-order valence-electron chi connectivity index (χ3n) is 2.73. The summed E-state index contributed by atoms with van der Waals surface area (Å²) in [6, 6.07) is 9.45. The average molecular weight is 360 g/mol. The van der Waals surface area contributed by atoms with Crippen LogP contribution in [0, 0.1) is 5.82 Å². The van der Waals surface area contributed by atoms with Crippen LogP contribution in [0.4, 0.5) is 10.1 Å². The van der Waals surface area contributed by atoms with Crippen molar-refractivity contribution in [2.75, 3.05) is 11.4 Å². The summed E-state index contributed by atoms with van der Waals surface area (Å²) < 4.78 is 39.9. The van der Waals surface area contributed by atoms with Gasteiger partial charge < -0.3 is 5.11 Å². The number of nitrogens with zero attached hydrogens (tertiary/aromatic N) is 1. The minimum absolute atomic E-state index is 0.0687. The Labute approximate surface area is 124 Å². The number of sulfonamides is 1. The molecule has 0 bridgehead atoms. The van der Waals surface area contributed by atoms with Crippen LogP contribution in [0.5, 0.6) is 5.75 Å². The molecule has 0 saturated heterocycles. The molecule has 0 radical (unpaired) electrons. The highest BCUT2D eigenvalue weighted by Gasteiger charge is 2.25. The smallest absolute Gasteiger partial charge is 0.266 e. The molecular formula is C13H11BrFNO3S. The molecule has 0 spiro atoms. The Morgan fingerprint density at radius 2 is 1.90 bits per heavy atom. The van der Waals surface area contributed by atoms with Gasteiger partial charge in [-0.2, -0.15) is 0 Å². The Balaban J connectivity index is 2.49. The summed E-state index contributed by atoms with van der Waals surface area (Å²) in [5.41, 5.74) is 0.243. The second-order valence-electron chi connectivity index (χ2n) is 4.07. The van der Waals surface area contributed by atoms with Crippen molar-refractivity contribution in [1.29, 1.82) is 0 Å². The Hall–Kier alpha value is -1.60. The second-order valence-corrected chi connectivity index (χ2v) is 6.92. The molecule has 0 aliphatic heterocycles. The zero-order valence-electron chi connectivity index (χ0n) is 10.4. The number of hydrogen-bond donors (Lipinski definition) is 1. The van der Waals surface area contributed by atoms with Crippen molar-refractivity contribution in [3.63, 3.8) is 0 Å². The first-order chi connectivity index (χ1) is 9.32. The van der Waals surface area contributed by atoms with Gasteiger partial charge in [-0.25, -0.2) is 12.8 Å². The van der Waals surface area contributed by atoms with Gasteiger partial charge in [-0.3, -0.25) is 4.31 Å². The van der Waals surface area contributed by atoms with Gasteiger partial charge in [0.2, 0.25) is 0 Å². The first-order valence-electron chi connectivity index (χ1n) is 5.55. The third kappa shape index (κ3) is 2.78. The van der Waals surface area contributed by atoms with Crippen molar-refractivity contribution < 1.29 is 17.9 Å². The van der Waals surface area contributed by atoms with Gasteiger partial charge >= 0.3 is 0 Å². The number of phenols is 1. The molecule has 7 heteroatoms. The molecule has 0 aliphatic carbocycles. The maximum atomic E-state index is 13.8. The summed E-state index contributed by atoms with van der Waals surface area (Å²) in [5, 5.41) is 9.39. The molecule has 2 rings (SSSR count). The molecule has 2 aromatic carbocycles. The summed E-state index contributed by atoms with van der Waals surface area (Å²) in [6.07, 6.45) is 0. The van der Waals surface area contributed by atoms with Crippen molar-refractivity contribution in [2.45, 2.75) is 4.90 Å². The number of anilines is 1. The van der Waals surface area contributed by atoms with Gasteiger partial charge in [0, 0.05) is 17.6 Å². The third-order valence-corrected chi connectivity index (χ3v) is 5.04. The van der Waals surface area contributed by atoms with Gasteiger partial charge in [0.25, 0.3) is 10.0 Å². The lowest BCUT2D eigenvalue weighted by atomic mass is 10.3. The number of phenolic OH excluding ortho intramolecular Hbond substituents is 1. The highest BCUT2D eigenvalue weighted by Crippen LogP contribution is 2.27. The quantitative estimate of drug-likeness (QED) is 0.915. The normalized spacial score (nSPS) is 11.3. The molecule has 4 nitrogen and oxygen atoms in total. The van der Waals surface area contributed by atoms with Crippen molar-refractivity contribution in [1.82, 2.24) is 0 Å². The summed E-state index contributed by atoms with van der Waals surface area (Å²) in [5.74, 6) is -0.910. The van der Waals surface area contributed by atoms with Crippen LogP contribution in [0.3, 0.4) is 0 Å². The molecule has 0 amide bonds. The van der Waals surface area contributed by atoms with E-state index in [0.717, 1.165) is 10.4 Å². The van der Waals surface area contributed by atoms with E-state index in [-0.39, 0.29) is 11.4 Å². The van der Waals surface area contributed by atoms with Crippen LogP contribution in [0.2, 0.25) is 0 Å². The lowest BCUT2D eigenvalue weighted by Gasteiger charge is -2.20. The molecule has 0 aliphatic rings. The van der Waals surface area contributed by atoms with Gasteiger partial charge in [0.15, 0.2) is 0 Å². The zero-order valence-corrected chi connectivity index (χ0v) is 12.8. The fraction of sp³-hybridized carbons (Fsp3) is 0.0769. The van der Waals surface area contributed by atoms with E-state index in [0.29, 0.717) is 4.47 Å². The number of hydrogen-bond acceptors (Lipinski definition) is 3. The van der Waals surface area contributed by atoms with Crippen LogP contribution < -0.4 is 4.31 Å². The van der Waals surface area contributed by atoms with Gasteiger partial charge in [-0.05, 0) is 30.3 Å². The topological polar surface area (TPSA) is 57.6 Å². The highest BCUT2D eigenvalue weighted by molar-refractivity contribution is 9.10. The van der Waals surface area contributed by atoms with Crippen LogP contribution in [0.25, 0.3) is 0 Å². The Morgan fingerprint density at radius 3 is 2.50 bits per heavy atom. The lowest BCUT2D eigenvalue weighted by molar-refractivity contribution is 0.475. The maximum Gasteiger partial charge on any atom is 0.266 e. The number of rotatable bonds is 3. The van der Waals surface area contributed by atoms with Crippen LogP contribution in [-0.2, 0) is 10.0 Å². The van der Waals surface area contributed by atoms with Crippen LogP contribution >= 0.6 is 15.9 Å². The van der Waals surface area contributed by atoms with Gasteiger partial charge in [0.1, 0.15) is 16.5 Å². The standard InChI is InChI=1S/C13H11BrFNO3S/c1-16(10-3-2-4-11(17)8-10)20(18,19)13-6-5-9(14)7-12(13)15/h2-8,17H,1H3. The van der Waals surface area contributed by atoms with Crippen molar-refractivity contribution >= 4 is 31.6 Å². The molecule has 2 aromatic rings. The molecule has 0 aromatic heterocycles. The molecule has 0 atom stereocenters. The van der Waals surface area contributed by atoms with Gasteiger partial charge in [-0.15, -0.1) is 0 Å². The minimum Gasteiger partial charge on any atom is -0.508 e. The monoisotopic (exact) mass is 359 g/mol. The highest BCUT2D eigenvalue weighted by atomic mass is 79.9. The fourth-order valence-electron chi connectivity index (χ4n) is 1.66. The second kappa shape index (κ2) is 5.41. The Morgan fingerprint density at radius 1 is 1.20 bits per heavy atom. The first kappa shape index (κ1) is 14.8. The van der Waals surface area contributed by atoms with E-state index in [9.17, 15) is 17.9 Å². The Bertz CT molecular complexity index is 749. The predicted octanol–water partition coefficient (Wildman–Crippen LogP) is 3.12. The van der Waals surface area contributed by atoms with E-state index in [4.69, 9.17) is 0 Å². The number of halogens is 2. The van der Waals surface area contributed by atoms with Crippen molar-refractivity contribution in [2.24, 2.45) is 0 Å². The molecule has 0 saturated carbocycles. The maximum absolute atomic E-state index is 13.8. The van der Waals surface area contributed by atoms with Crippen LogP contribution in [-0.4, -0.2) is 20.6 Å². The van der Waals surface area contributed by atoms with Gasteiger partial charge in [-0.1, -0.05) is 22.0 Å². The largest absolute Gasteiger partial charge is 0.508 e. The lowest BCUT2D eigenvalue weighted by Crippen LogP contribution is -2.27. The van der Waals surface area contributed by atoms with Crippen LogP contribution in [0.1, 0.15) is 0 Å². The van der Waals surface area contributed by atoms with E-state index >= 15 is 0 Å². The predicted molar refractivity (Wildman–Crippen MR) is 77.8 cm³/mol. The van der Waals surface area contributed by atoms with E-state index in [1.807, 2.05) is 0 Å². The SMILES string of the molecule is CN(c1cccc(O)c1)S(=O)(=O)c1ccc(Br)cc1F. The summed E-state index contributed by atoms with van der Waals surface area (Å²) in [7, 11) is -2.73. The van der Waals surface area contributed by atoms with E-state index in [1.54, 1.807) is 0 Å². The summed E-state index contributed by atoms with van der Waals surface area (Å²) in [4.78, 5) is -0.424. The van der Waals surface area contributed by atoms with E-state index in [1.165, 1.54) is 43.4 Å². The Kier molecular flexibility index (Phi) is 4.01. The van der Waals surface area contributed by atoms with Crippen molar-refractivity contribution in [3.05, 3.63) is 52.8 Å². The molecule has 20 heavy (non-hydrogen) atoms. The molecule has 106 valence electrons.